The number of fused-ring (bicyclic) bond motifs is 4. The molecule has 97 heavy (non-hydrogen) atoms. The largest absolute Gasteiger partial charge is 0.496 e. The van der Waals surface area contributed by atoms with Crippen molar-refractivity contribution in [1.82, 2.24) is 31.0 Å². The molecule has 5 aliphatic rings. The average Bonchev–Trinajstić information content (AvgIpc) is 1.51. The molecule has 542 valence electrons. The van der Waals surface area contributed by atoms with Gasteiger partial charge < -0.3 is 92.6 Å². The molecule has 3 aromatic rings. The first kappa shape index (κ1) is 77.4. The van der Waals surface area contributed by atoms with Gasteiger partial charge in [-0.25, -0.2) is 15.0 Å². The smallest absolute Gasteiger partial charge is 0.426 e. The molecule has 1 spiro atoms. The predicted molar refractivity (Wildman–Crippen MR) is 365 cm³/mol. The number of hydrogen-bond acceptors (Lipinski definition) is 24. The van der Waals surface area contributed by atoms with E-state index in [2.05, 4.69) is 31.0 Å². The van der Waals surface area contributed by atoms with Gasteiger partial charge in [-0.3, -0.25) is 24.7 Å². The van der Waals surface area contributed by atoms with E-state index >= 15 is 9.59 Å². The summed E-state index contributed by atoms with van der Waals surface area (Å²) >= 11 is 0. The topological polar surface area (TPSA) is 329 Å². The van der Waals surface area contributed by atoms with Gasteiger partial charge in [-0.2, -0.15) is 0 Å². The van der Waals surface area contributed by atoms with E-state index in [9.17, 15) is 34.8 Å². The summed E-state index contributed by atoms with van der Waals surface area (Å²) in [5.74, 6) is -2.78. The highest BCUT2D eigenvalue weighted by molar-refractivity contribution is 8.76. The summed E-state index contributed by atoms with van der Waals surface area (Å²) in [7, 11) is 9.05. The monoisotopic (exact) mass is 1400 g/mol. The molecule has 1 aromatic heterocycles. The molecule has 1 saturated carbocycles. The second-order valence-corrected chi connectivity index (χ2v) is 27.8. The number of hydrazine groups is 1. The number of nitrogens with one attached hydrogen (secondary N) is 4. The first-order valence-electron chi connectivity index (χ1n) is 33.9. The molecule has 8 N–H and O–H groups in total. The number of aliphatic hydroxyl groups is 3. The van der Waals surface area contributed by atoms with Crippen LogP contribution < -0.4 is 25.8 Å². The third-order valence-electron chi connectivity index (χ3n) is 19.6. The Morgan fingerprint density at radius 1 is 0.732 bits per heavy atom. The fraction of sp³-hybridized carbons (Fsp3) is 0.691. The molecule has 27 nitrogen and oxygen atoms in total. The summed E-state index contributed by atoms with van der Waals surface area (Å²) in [5, 5.41) is 51.9. The number of esters is 1. The summed E-state index contributed by atoms with van der Waals surface area (Å²) in [5.41, 5.74) is 1.52. The van der Waals surface area contributed by atoms with Crippen LogP contribution >= 0.6 is 21.6 Å². The lowest BCUT2D eigenvalue weighted by molar-refractivity contribution is -0.204. The minimum Gasteiger partial charge on any atom is -0.496 e. The molecule has 0 bridgehead atoms. The summed E-state index contributed by atoms with van der Waals surface area (Å²) < 4.78 is 61.2. The SMILES string of the molecule is CCOCCOCCOCCOCCOCCOCCOCCOCCC(=O)N[C@@H](CSSCCOC(=O)NNC(=O)[C@@]1(O)[C@H](O)[C@]2(CC)C=CCN3CC[C@@]4(c5cc([C@@]6(C(=O)OC)CCC[C@@](O)(CC)CN(C)CCc7c6[nH]c6ccccc76)c(OC)cc5N(C)[C@@H]14)[C@@H]32)C(=O)O. The Kier molecular flexibility index (Phi) is 29.4. The molecule has 0 radical (unpaired) electrons. The molecule has 4 aliphatic heterocycles. The van der Waals surface area contributed by atoms with Crippen LogP contribution in [-0.2, 0) is 83.8 Å². The maximum absolute atomic E-state index is 15.4. The van der Waals surface area contributed by atoms with E-state index in [4.69, 9.17) is 52.1 Å². The van der Waals surface area contributed by atoms with Gasteiger partial charge in [0.1, 0.15) is 29.9 Å². The van der Waals surface area contributed by atoms with Gasteiger partial charge in [0.15, 0.2) is 5.60 Å². The van der Waals surface area contributed by atoms with Crippen LogP contribution in [0.3, 0.4) is 0 Å². The number of carboxylic acid groups (broad SMARTS) is 1. The van der Waals surface area contributed by atoms with Crippen molar-refractivity contribution in [3.8, 4) is 5.75 Å². The maximum Gasteiger partial charge on any atom is 0.426 e. The van der Waals surface area contributed by atoms with Crippen molar-refractivity contribution >= 4 is 68.0 Å². The third-order valence-corrected chi connectivity index (χ3v) is 22.0. The summed E-state index contributed by atoms with van der Waals surface area (Å²) in [6.07, 6.45) is 3.88. The number of β-amino-alcohol motifs (C(OH)–C–C–N with tert-alkyl or cyclic N) is 1. The van der Waals surface area contributed by atoms with Gasteiger partial charge in [-0.1, -0.05) is 65.8 Å². The zero-order valence-electron chi connectivity index (χ0n) is 57.3. The number of H-pyrrole nitrogens is 1. The number of ether oxygens (including phenoxy) is 11. The fourth-order valence-electron chi connectivity index (χ4n) is 15.1. The van der Waals surface area contributed by atoms with Crippen LogP contribution in [0.1, 0.15) is 88.1 Å². The number of nitrogens with zero attached hydrogens (tertiary/aromatic N) is 3. The zero-order valence-corrected chi connectivity index (χ0v) is 59.0. The number of rotatable bonds is 39. The predicted octanol–water partition coefficient (Wildman–Crippen LogP) is 3.89. The summed E-state index contributed by atoms with van der Waals surface area (Å²) in [6.45, 7) is 14.5. The Bertz CT molecular complexity index is 3100. The number of methoxy groups -OCH3 is 2. The number of aliphatic carboxylic acids is 1. The highest BCUT2D eigenvalue weighted by atomic mass is 33.1. The summed E-state index contributed by atoms with van der Waals surface area (Å²) in [6, 6.07) is 9.02. The second kappa shape index (κ2) is 36.8. The molecular weight excluding hydrogens is 1300 g/mol. The Morgan fingerprint density at radius 2 is 1.36 bits per heavy atom. The first-order valence-corrected chi connectivity index (χ1v) is 36.3. The van der Waals surface area contributed by atoms with Crippen molar-refractivity contribution in [2.45, 2.75) is 118 Å². The Morgan fingerprint density at radius 3 is 1.96 bits per heavy atom. The highest BCUT2D eigenvalue weighted by Crippen LogP contribution is 2.67. The summed E-state index contributed by atoms with van der Waals surface area (Å²) in [4.78, 5) is 78.6. The van der Waals surface area contributed by atoms with Gasteiger partial charge in [0.25, 0.3) is 5.91 Å². The van der Waals surface area contributed by atoms with Gasteiger partial charge in [0.05, 0.1) is 125 Å². The fourth-order valence-corrected chi connectivity index (χ4v) is 17.1. The molecule has 9 atom stereocenters. The Balaban J connectivity index is 0.822. The number of carboxylic acids is 1. The number of aromatic amines is 1. The molecule has 2 aromatic carbocycles. The number of aromatic nitrogens is 1. The first-order chi connectivity index (χ1) is 46.9. The van der Waals surface area contributed by atoms with Crippen molar-refractivity contribution in [3.63, 3.8) is 0 Å². The van der Waals surface area contributed by atoms with Crippen molar-refractivity contribution in [2.24, 2.45) is 5.41 Å². The Labute approximate surface area is 576 Å². The number of aliphatic hydroxyl groups excluding tert-OH is 1. The van der Waals surface area contributed by atoms with Gasteiger partial charge in [0.2, 0.25) is 5.91 Å². The van der Waals surface area contributed by atoms with E-state index in [1.165, 1.54) is 17.9 Å². The van der Waals surface area contributed by atoms with E-state index in [0.29, 0.717) is 173 Å². The minimum atomic E-state index is -2.61. The van der Waals surface area contributed by atoms with E-state index in [1.807, 2.05) is 81.3 Å². The highest BCUT2D eigenvalue weighted by Gasteiger charge is 2.79. The normalized spacial score (nSPS) is 25.7. The third kappa shape index (κ3) is 17.7. The molecule has 29 heteroatoms. The molecule has 0 unspecified atom stereocenters. The van der Waals surface area contributed by atoms with Crippen LogP contribution in [0.2, 0.25) is 0 Å². The molecule has 1 aliphatic carbocycles. The number of carbonyl (C=O) groups excluding carboxylic acids is 4. The lowest BCUT2D eigenvalue weighted by atomic mass is 9.47. The van der Waals surface area contributed by atoms with Gasteiger partial charge in [0, 0.05) is 102 Å². The van der Waals surface area contributed by atoms with Crippen LogP contribution in [0.4, 0.5) is 10.5 Å². The quantitative estimate of drug-likeness (QED) is 0.0132. The molecule has 3 amide bonds. The van der Waals surface area contributed by atoms with Gasteiger partial charge in [-0.05, 0) is 88.7 Å². The van der Waals surface area contributed by atoms with E-state index in [0.717, 1.165) is 32.8 Å². The number of anilines is 1. The molecule has 1 saturated heterocycles. The van der Waals surface area contributed by atoms with E-state index in [-0.39, 0.29) is 50.8 Å². The van der Waals surface area contributed by atoms with Gasteiger partial charge in [-0.15, -0.1) is 0 Å². The van der Waals surface area contributed by atoms with Gasteiger partial charge >= 0.3 is 18.0 Å². The Hall–Kier alpha value is -5.35. The minimum absolute atomic E-state index is 0.00275. The van der Waals surface area contributed by atoms with Crippen molar-refractivity contribution in [2.75, 3.05) is 183 Å². The lowest BCUT2D eigenvalue weighted by Crippen LogP contribution is -2.82. The number of carbonyl (C=O) groups is 5. The van der Waals surface area contributed by atoms with Crippen LogP contribution in [0.25, 0.3) is 10.9 Å². The number of benzene rings is 2. The maximum atomic E-state index is 15.4. The number of hydrogen-bond donors (Lipinski definition) is 8. The van der Waals surface area contributed by atoms with Crippen molar-refractivity contribution in [3.05, 3.63) is 70.9 Å². The number of para-hydroxylation sites is 1. The zero-order chi connectivity index (χ0) is 69.6. The van der Waals surface area contributed by atoms with Crippen LogP contribution in [-0.4, -0.2) is 279 Å². The van der Waals surface area contributed by atoms with Crippen LogP contribution in [0.5, 0.6) is 5.75 Å². The molecular formula is C68H103N7O20S2. The number of amides is 3. The lowest BCUT2D eigenvalue weighted by Gasteiger charge is -2.63. The van der Waals surface area contributed by atoms with Crippen LogP contribution in [0, 0.1) is 5.41 Å². The standard InChI is InChI=1S/C68H103N7O20S2/c1-8-64(83)19-13-21-66(62(81)86-7,56-48(17-24-73(4)46-64)47-15-11-12-16-51(47)70-56)50-43-49-53(44-54(50)85-6)74(5)59-67(49)22-25-75-23-14-20-65(9-2,58(67)75)60(79)68(59,84)61(80)71-72-63(82)95-41-42-96-97-45-52(57(77)78)69-55(76)18-26-88-29-30-90-33-34-92-37-38-94-40-39-93-36-35-91-32-31-89-28-27-87-10-3/h11-12,14-16,20,43-44,52,58-60,70,79,83-84H,8-10,13,17-19,21-42,45-46H2,1-7H3,(H,69,76)(H,71,80)(H,72,82)(H,77,78)/t52-,58-,59+,60+,64-,65+,66-,67+,68-/m0/s1. The average molecular weight is 1400 g/mol. The molecule has 8 rings (SSSR count). The second-order valence-electron chi connectivity index (χ2n) is 25.2. The molecule has 2 fully saturated rings. The van der Waals surface area contributed by atoms with Crippen LogP contribution in [0.15, 0.2) is 48.6 Å². The van der Waals surface area contributed by atoms with E-state index < -0.39 is 81.5 Å². The molecule has 5 heterocycles. The van der Waals surface area contributed by atoms with Crippen molar-refractivity contribution < 1.29 is 96.5 Å². The number of likely N-dealkylation sites (N-methyl/N-ethyl adjacent to an activating group) is 2. The van der Waals surface area contributed by atoms with Crippen molar-refractivity contribution in [1.29, 1.82) is 0 Å². The van der Waals surface area contributed by atoms with E-state index in [1.54, 1.807) is 14.2 Å².